The van der Waals surface area contributed by atoms with Gasteiger partial charge in [0, 0.05) is 26.2 Å². The molecule has 23 heavy (non-hydrogen) atoms. The van der Waals surface area contributed by atoms with Crippen molar-refractivity contribution in [1.82, 2.24) is 15.5 Å². The summed E-state index contributed by atoms with van der Waals surface area (Å²) in [6, 6.07) is -0.0243. The minimum absolute atomic E-state index is 0. The molecule has 0 bridgehead atoms. The SMILES string of the molecule is CCCOCC(=O)N1CCCC(CNC(=O)C2CCCN2)C1.Cl. The Kier molecular flexibility index (Phi) is 9.52. The fourth-order valence-electron chi connectivity index (χ4n) is 3.13. The zero-order chi connectivity index (χ0) is 15.8. The number of hydrogen-bond acceptors (Lipinski definition) is 4. The van der Waals surface area contributed by atoms with E-state index in [1.807, 2.05) is 11.8 Å². The molecule has 2 atom stereocenters. The summed E-state index contributed by atoms with van der Waals surface area (Å²) in [5, 5.41) is 6.24. The average molecular weight is 348 g/mol. The molecule has 2 aliphatic rings. The lowest BCUT2D eigenvalue weighted by Gasteiger charge is -2.33. The number of likely N-dealkylation sites (tertiary alicyclic amines) is 1. The second kappa shape index (κ2) is 10.8. The number of halogens is 1. The molecular formula is C16H30ClN3O3. The number of rotatable bonds is 7. The van der Waals surface area contributed by atoms with Crippen LogP contribution in [-0.2, 0) is 14.3 Å². The number of hydrogen-bond donors (Lipinski definition) is 2. The van der Waals surface area contributed by atoms with Crippen LogP contribution in [0.4, 0.5) is 0 Å². The van der Waals surface area contributed by atoms with E-state index in [4.69, 9.17) is 4.74 Å². The molecular weight excluding hydrogens is 318 g/mol. The number of carbonyl (C=O) groups is 2. The lowest BCUT2D eigenvalue weighted by Crippen LogP contribution is -2.47. The molecule has 0 aromatic rings. The van der Waals surface area contributed by atoms with Crippen LogP contribution < -0.4 is 10.6 Å². The molecule has 134 valence electrons. The van der Waals surface area contributed by atoms with Crippen molar-refractivity contribution in [2.24, 2.45) is 5.92 Å². The van der Waals surface area contributed by atoms with Crippen molar-refractivity contribution in [3.63, 3.8) is 0 Å². The van der Waals surface area contributed by atoms with E-state index in [0.29, 0.717) is 19.1 Å². The molecule has 0 aliphatic carbocycles. The van der Waals surface area contributed by atoms with Gasteiger partial charge in [-0.2, -0.15) is 0 Å². The van der Waals surface area contributed by atoms with Crippen LogP contribution in [0.1, 0.15) is 39.0 Å². The molecule has 0 saturated carbocycles. The molecule has 2 aliphatic heterocycles. The van der Waals surface area contributed by atoms with Crippen molar-refractivity contribution < 1.29 is 14.3 Å². The first-order valence-corrected chi connectivity index (χ1v) is 8.57. The van der Waals surface area contributed by atoms with Crippen LogP contribution in [0.3, 0.4) is 0 Å². The number of piperidine rings is 1. The maximum absolute atomic E-state index is 12.1. The number of amides is 2. The van der Waals surface area contributed by atoms with Crippen molar-refractivity contribution in [2.75, 3.05) is 39.4 Å². The molecule has 0 spiro atoms. The van der Waals surface area contributed by atoms with Crippen molar-refractivity contribution in [2.45, 2.75) is 45.1 Å². The van der Waals surface area contributed by atoms with Crippen molar-refractivity contribution in [3.8, 4) is 0 Å². The van der Waals surface area contributed by atoms with Gasteiger partial charge in [0.15, 0.2) is 0 Å². The molecule has 2 fully saturated rings. The third kappa shape index (κ3) is 6.65. The van der Waals surface area contributed by atoms with E-state index < -0.39 is 0 Å². The minimum Gasteiger partial charge on any atom is -0.372 e. The Balaban J connectivity index is 0.00000264. The fourth-order valence-corrected chi connectivity index (χ4v) is 3.13. The van der Waals surface area contributed by atoms with Gasteiger partial charge in [0.2, 0.25) is 11.8 Å². The predicted molar refractivity (Wildman–Crippen MR) is 91.7 cm³/mol. The third-order valence-corrected chi connectivity index (χ3v) is 4.39. The lowest BCUT2D eigenvalue weighted by atomic mass is 9.97. The van der Waals surface area contributed by atoms with Crippen molar-refractivity contribution >= 4 is 24.2 Å². The molecule has 0 aromatic heterocycles. The van der Waals surface area contributed by atoms with E-state index in [2.05, 4.69) is 10.6 Å². The average Bonchev–Trinajstić information content (AvgIpc) is 3.07. The van der Waals surface area contributed by atoms with Gasteiger partial charge in [-0.25, -0.2) is 0 Å². The van der Waals surface area contributed by atoms with Crippen LogP contribution in [0.15, 0.2) is 0 Å². The monoisotopic (exact) mass is 347 g/mol. The summed E-state index contributed by atoms with van der Waals surface area (Å²) in [6.07, 6.45) is 4.99. The van der Waals surface area contributed by atoms with Crippen LogP contribution in [0.5, 0.6) is 0 Å². The maximum atomic E-state index is 12.1. The van der Waals surface area contributed by atoms with Crippen LogP contribution in [-0.4, -0.2) is 62.1 Å². The molecule has 2 rings (SSSR count). The van der Waals surface area contributed by atoms with Crippen LogP contribution >= 0.6 is 12.4 Å². The molecule has 2 heterocycles. The highest BCUT2D eigenvalue weighted by atomic mass is 35.5. The second-order valence-corrected chi connectivity index (χ2v) is 6.29. The fraction of sp³-hybridized carbons (Fsp3) is 0.875. The van der Waals surface area contributed by atoms with E-state index in [1.165, 1.54) is 0 Å². The maximum Gasteiger partial charge on any atom is 0.248 e. The van der Waals surface area contributed by atoms with E-state index in [-0.39, 0.29) is 36.9 Å². The van der Waals surface area contributed by atoms with E-state index in [0.717, 1.165) is 51.7 Å². The molecule has 7 heteroatoms. The summed E-state index contributed by atoms with van der Waals surface area (Å²) >= 11 is 0. The summed E-state index contributed by atoms with van der Waals surface area (Å²) in [7, 11) is 0. The zero-order valence-corrected chi connectivity index (χ0v) is 14.8. The Bertz CT molecular complexity index is 376. The Morgan fingerprint density at radius 1 is 1.30 bits per heavy atom. The van der Waals surface area contributed by atoms with E-state index in [1.54, 1.807) is 0 Å². The number of carbonyl (C=O) groups excluding carboxylic acids is 2. The first-order chi connectivity index (χ1) is 10.7. The highest BCUT2D eigenvalue weighted by molar-refractivity contribution is 5.85. The van der Waals surface area contributed by atoms with Gasteiger partial charge in [-0.3, -0.25) is 9.59 Å². The number of nitrogens with one attached hydrogen (secondary N) is 2. The van der Waals surface area contributed by atoms with Gasteiger partial charge >= 0.3 is 0 Å². The Morgan fingerprint density at radius 3 is 2.83 bits per heavy atom. The van der Waals surface area contributed by atoms with Crippen LogP contribution in [0, 0.1) is 5.92 Å². The van der Waals surface area contributed by atoms with Gasteiger partial charge in [-0.15, -0.1) is 12.4 Å². The molecule has 2 N–H and O–H groups in total. The van der Waals surface area contributed by atoms with Gasteiger partial charge < -0.3 is 20.3 Å². The van der Waals surface area contributed by atoms with Gasteiger partial charge in [0.25, 0.3) is 0 Å². The van der Waals surface area contributed by atoms with Gasteiger partial charge in [0.1, 0.15) is 6.61 Å². The standard InChI is InChI=1S/C16H29N3O3.ClH/c1-2-9-22-12-15(20)19-8-4-5-13(11-19)10-18-16(21)14-6-3-7-17-14;/h13-14,17H,2-12H2,1H3,(H,18,21);1H. The minimum atomic E-state index is -0.0243. The largest absolute Gasteiger partial charge is 0.372 e. The summed E-state index contributed by atoms with van der Waals surface area (Å²) < 4.78 is 5.33. The molecule has 2 unspecified atom stereocenters. The number of nitrogens with zero attached hydrogens (tertiary/aromatic N) is 1. The topological polar surface area (TPSA) is 70.7 Å². The van der Waals surface area contributed by atoms with Crippen molar-refractivity contribution in [3.05, 3.63) is 0 Å². The molecule has 0 aromatic carbocycles. The summed E-state index contributed by atoms with van der Waals surface area (Å²) in [5.74, 6) is 0.531. The van der Waals surface area contributed by atoms with Gasteiger partial charge in [-0.1, -0.05) is 6.92 Å². The Labute approximate surface area is 145 Å². The molecule has 2 amide bonds. The molecule has 6 nitrogen and oxygen atoms in total. The summed E-state index contributed by atoms with van der Waals surface area (Å²) in [4.78, 5) is 26.0. The van der Waals surface area contributed by atoms with Crippen LogP contribution in [0.2, 0.25) is 0 Å². The predicted octanol–water partition coefficient (Wildman–Crippen LogP) is 0.942. The first kappa shape index (κ1) is 20.2. The molecule has 0 radical (unpaired) electrons. The van der Waals surface area contributed by atoms with Crippen molar-refractivity contribution in [1.29, 1.82) is 0 Å². The Morgan fingerprint density at radius 2 is 2.13 bits per heavy atom. The van der Waals surface area contributed by atoms with Gasteiger partial charge in [-0.05, 0) is 44.6 Å². The highest BCUT2D eigenvalue weighted by Crippen LogP contribution is 2.16. The van der Waals surface area contributed by atoms with E-state index >= 15 is 0 Å². The second-order valence-electron chi connectivity index (χ2n) is 6.29. The summed E-state index contributed by atoms with van der Waals surface area (Å²) in [6.45, 7) is 5.98. The normalized spacial score (nSPS) is 24.1. The summed E-state index contributed by atoms with van der Waals surface area (Å²) in [5.41, 5.74) is 0. The molecule has 2 saturated heterocycles. The third-order valence-electron chi connectivity index (χ3n) is 4.39. The first-order valence-electron chi connectivity index (χ1n) is 8.57. The number of ether oxygens (including phenoxy) is 1. The Hall–Kier alpha value is -0.850. The van der Waals surface area contributed by atoms with Crippen LogP contribution in [0.25, 0.3) is 0 Å². The van der Waals surface area contributed by atoms with E-state index in [9.17, 15) is 9.59 Å². The smallest absolute Gasteiger partial charge is 0.248 e. The zero-order valence-electron chi connectivity index (χ0n) is 14.0. The van der Waals surface area contributed by atoms with Gasteiger partial charge in [0.05, 0.1) is 6.04 Å². The lowest BCUT2D eigenvalue weighted by molar-refractivity contribution is -0.137. The highest BCUT2D eigenvalue weighted by Gasteiger charge is 2.26. The quantitative estimate of drug-likeness (QED) is 0.672.